The van der Waals surface area contributed by atoms with Crippen molar-refractivity contribution in [2.24, 2.45) is 0 Å². The molecule has 5 heteroatoms. The van der Waals surface area contributed by atoms with Gasteiger partial charge in [0.25, 0.3) is 0 Å². The summed E-state index contributed by atoms with van der Waals surface area (Å²) >= 11 is 4.92. The second-order valence-corrected chi connectivity index (χ2v) is 5.55. The molecule has 1 saturated heterocycles. The van der Waals surface area contributed by atoms with Crippen molar-refractivity contribution in [3.8, 4) is 0 Å². The predicted molar refractivity (Wildman–Crippen MR) is 48.5 cm³/mol. The van der Waals surface area contributed by atoms with Crippen molar-refractivity contribution in [3.63, 3.8) is 0 Å². The van der Waals surface area contributed by atoms with Crippen LogP contribution < -0.4 is 0 Å². The second kappa shape index (κ2) is 3.06. The summed E-state index contributed by atoms with van der Waals surface area (Å²) in [6.45, 7) is 2.96. The third-order valence-corrected chi connectivity index (χ3v) is 3.66. The van der Waals surface area contributed by atoms with E-state index >= 15 is 0 Å². The lowest BCUT2D eigenvalue weighted by molar-refractivity contribution is 0.447. The van der Waals surface area contributed by atoms with Gasteiger partial charge in [-0.15, -0.1) is 0 Å². The first-order chi connectivity index (χ1) is 5.01. The third-order valence-electron chi connectivity index (χ3n) is 1.79. The Morgan fingerprint density at radius 3 is 2.18 bits per heavy atom. The zero-order chi connectivity index (χ0) is 8.48. The van der Waals surface area contributed by atoms with E-state index in [1.165, 1.54) is 0 Å². The average molecular weight is 193 g/mol. The van der Waals surface area contributed by atoms with Crippen LogP contribution >= 0.6 is 12.2 Å². The summed E-state index contributed by atoms with van der Waals surface area (Å²) in [5.41, 5.74) is 0. The fourth-order valence-electron chi connectivity index (χ4n) is 1.03. The van der Waals surface area contributed by atoms with Crippen LogP contribution in [0.25, 0.3) is 0 Å². The molecule has 0 aliphatic carbocycles. The summed E-state index contributed by atoms with van der Waals surface area (Å²) in [6.07, 6.45) is 0. The molecule has 1 aliphatic heterocycles. The highest BCUT2D eigenvalue weighted by atomic mass is 32.2. The van der Waals surface area contributed by atoms with E-state index in [2.05, 4.69) is 0 Å². The molecule has 0 amide bonds. The first kappa shape index (κ1) is 8.93. The second-order valence-electron chi connectivity index (χ2n) is 2.66. The highest BCUT2D eigenvalue weighted by molar-refractivity contribution is 7.91. The molecule has 1 aliphatic rings. The van der Waals surface area contributed by atoms with Gasteiger partial charge in [0.2, 0.25) is 0 Å². The number of rotatable bonds is 0. The highest BCUT2D eigenvalue weighted by Gasteiger charge is 2.21. The van der Waals surface area contributed by atoms with E-state index in [-0.39, 0.29) is 11.5 Å². The molecule has 1 fully saturated rings. The Hall–Kier alpha value is -0.160. The summed E-state index contributed by atoms with van der Waals surface area (Å²) in [4.78, 5) is 2.72. The minimum atomic E-state index is -2.75. The van der Waals surface area contributed by atoms with E-state index in [1.807, 2.05) is 11.8 Å². The molecule has 0 atom stereocenters. The van der Waals surface area contributed by atoms with Gasteiger partial charge in [-0.05, 0) is 6.92 Å². The minimum Gasteiger partial charge on any atom is -0.364 e. The predicted octanol–water partition coefficient (Wildman–Crippen LogP) is 0.0641. The number of hydrogen-bond acceptors (Lipinski definition) is 3. The molecule has 0 aromatic rings. The van der Waals surface area contributed by atoms with Crippen LogP contribution in [0.5, 0.6) is 0 Å². The smallest absolute Gasteiger partial charge is 0.153 e. The molecule has 0 spiro atoms. The summed E-state index contributed by atoms with van der Waals surface area (Å²) in [7, 11) is -2.75. The minimum absolute atomic E-state index is 0.251. The maximum Gasteiger partial charge on any atom is 0.153 e. The van der Waals surface area contributed by atoms with Crippen LogP contribution in [0.3, 0.4) is 0 Å². The Kier molecular flexibility index (Phi) is 2.49. The zero-order valence-corrected chi connectivity index (χ0v) is 8.04. The fourth-order valence-corrected chi connectivity index (χ4v) is 2.41. The SMILES string of the molecule is CC(=S)N1CCS(=O)(=O)CC1. The van der Waals surface area contributed by atoms with Gasteiger partial charge in [0.1, 0.15) is 0 Å². The monoisotopic (exact) mass is 193 g/mol. The molecule has 64 valence electrons. The Morgan fingerprint density at radius 1 is 1.36 bits per heavy atom. The van der Waals surface area contributed by atoms with Gasteiger partial charge in [-0.25, -0.2) is 8.42 Å². The van der Waals surface area contributed by atoms with Crippen LogP contribution in [-0.2, 0) is 9.84 Å². The van der Waals surface area contributed by atoms with Crippen molar-refractivity contribution in [2.45, 2.75) is 6.92 Å². The number of sulfone groups is 1. The molecule has 11 heavy (non-hydrogen) atoms. The summed E-state index contributed by atoms with van der Waals surface area (Å²) < 4.78 is 21.9. The summed E-state index contributed by atoms with van der Waals surface area (Å²) in [5, 5.41) is 0. The standard InChI is InChI=1S/C6H11NO2S2/c1-6(10)7-2-4-11(8,9)5-3-7/h2-5H2,1H3. The van der Waals surface area contributed by atoms with Crippen molar-refractivity contribution in [1.82, 2.24) is 4.90 Å². The molecule has 0 unspecified atom stereocenters. The summed E-state index contributed by atoms with van der Waals surface area (Å²) in [5.74, 6) is 0.502. The molecular weight excluding hydrogens is 182 g/mol. The van der Waals surface area contributed by atoms with Crippen molar-refractivity contribution < 1.29 is 8.42 Å². The lowest BCUT2D eigenvalue weighted by Gasteiger charge is -2.27. The molecule has 1 heterocycles. The van der Waals surface area contributed by atoms with Gasteiger partial charge in [0, 0.05) is 13.1 Å². The number of thiocarbonyl (C=S) groups is 1. The van der Waals surface area contributed by atoms with Gasteiger partial charge in [-0.1, -0.05) is 12.2 Å². The molecule has 3 nitrogen and oxygen atoms in total. The van der Waals surface area contributed by atoms with Crippen molar-refractivity contribution in [1.29, 1.82) is 0 Å². The Balaban J connectivity index is 2.56. The van der Waals surface area contributed by atoms with Gasteiger partial charge in [0.05, 0.1) is 16.5 Å². The van der Waals surface area contributed by atoms with Crippen molar-refractivity contribution >= 4 is 27.0 Å². The van der Waals surface area contributed by atoms with E-state index in [9.17, 15) is 8.42 Å². The van der Waals surface area contributed by atoms with Crippen LogP contribution in [0, 0.1) is 0 Å². The van der Waals surface area contributed by atoms with Gasteiger partial charge < -0.3 is 4.90 Å². The molecular formula is C6H11NO2S2. The average Bonchev–Trinajstić information content (AvgIpc) is 1.86. The van der Waals surface area contributed by atoms with Gasteiger partial charge in [-0.2, -0.15) is 0 Å². The van der Waals surface area contributed by atoms with Crippen LogP contribution in [-0.4, -0.2) is 42.9 Å². The normalized spacial score (nSPS) is 23.2. The fraction of sp³-hybridized carbons (Fsp3) is 0.833. The molecule has 0 aromatic carbocycles. The number of hydrogen-bond donors (Lipinski definition) is 0. The molecule has 1 rings (SSSR count). The van der Waals surface area contributed by atoms with Crippen molar-refractivity contribution in [2.75, 3.05) is 24.6 Å². The maximum atomic E-state index is 10.9. The number of nitrogens with zero attached hydrogens (tertiary/aromatic N) is 1. The van der Waals surface area contributed by atoms with E-state index < -0.39 is 9.84 Å². The lowest BCUT2D eigenvalue weighted by Crippen LogP contribution is -2.41. The summed E-state index contributed by atoms with van der Waals surface area (Å²) in [6, 6.07) is 0. The Bertz CT molecular complexity index is 244. The zero-order valence-electron chi connectivity index (χ0n) is 6.41. The van der Waals surface area contributed by atoms with Crippen LogP contribution in [0.15, 0.2) is 0 Å². The van der Waals surface area contributed by atoms with Crippen LogP contribution in [0.2, 0.25) is 0 Å². The molecule has 0 aromatic heterocycles. The highest BCUT2D eigenvalue weighted by Crippen LogP contribution is 2.03. The molecule has 0 bridgehead atoms. The first-order valence-corrected chi connectivity index (χ1v) is 5.70. The quantitative estimate of drug-likeness (QED) is 0.510. The Labute approximate surface area is 72.3 Å². The third kappa shape index (κ3) is 2.41. The van der Waals surface area contributed by atoms with E-state index in [0.29, 0.717) is 13.1 Å². The topological polar surface area (TPSA) is 37.4 Å². The largest absolute Gasteiger partial charge is 0.364 e. The first-order valence-electron chi connectivity index (χ1n) is 3.47. The molecule has 0 radical (unpaired) electrons. The van der Waals surface area contributed by atoms with Crippen LogP contribution in [0.4, 0.5) is 0 Å². The maximum absolute atomic E-state index is 10.9. The Morgan fingerprint density at radius 2 is 1.82 bits per heavy atom. The van der Waals surface area contributed by atoms with Gasteiger partial charge >= 0.3 is 0 Å². The molecule has 0 saturated carbocycles. The van der Waals surface area contributed by atoms with E-state index in [0.717, 1.165) is 4.99 Å². The van der Waals surface area contributed by atoms with Gasteiger partial charge in [-0.3, -0.25) is 0 Å². The lowest BCUT2D eigenvalue weighted by atomic mass is 10.5. The van der Waals surface area contributed by atoms with E-state index in [1.54, 1.807) is 0 Å². The van der Waals surface area contributed by atoms with Gasteiger partial charge in [0.15, 0.2) is 9.84 Å². The van der Waals surface area contributed by atoms with E-state index in [4.69, 9.17) is 12.2 Å². The molecule has 0 N–H and O–H groups in total. The van der Waals surface area contributed by atoms with Crippen molar-refractivity contribution in [3.05, 3.63) is 0 Å². The van der Waals surface area contributed by atoms with Crippen LogP contribution in [0.1, 0.15) is 6.92 Å².